The second kappa shape index (κ2) is 8.07. The SMILES string of the molecule is CC(N(C)CCOc1cccc(C#CCO)c1)C(C)(C)C. The minimum absolute atomic E-state index is 0.124. The Morgan fingerprint density at radius 1 is 1.33 bits per heavy atom. The van der Waals surface area contributed by atoms with Gasteiger partial charge in [0.2, 0.25) is 0 Å². The van der Waals surface area contributed by atoms with Crippen molar-refractivity contribution in [3.63, 3.8) is 0 Å². The van der Waals surface area contributed by atoms with Crippen molar-refractivity contribution in [1.82, 2.24) is 4.90 Å². The van der Waals surface area contributed by atoms with Crippen molar-refractivity contribution in [1.29, 1.82) is 0 Å². The van der Waals surface area contributed by atoms with Crippen molar-refractivity contribution in [2.24, 2.45) is 5.41 Å². The summed E-state index contributed by atoms with van der Waals surface area (Å²) in [4.78, 5) is 2.31. The first-order valence-electron chi connectivity index (χ1n) is 7.37. The molecule has 0 radical (unpaired) electrons. The number of nitrogens with zero attached hydrogens (tertiary/aromatic N) is 1. The minimum atomic E-state index is -0.124. The van der Waals surface area contributed by atoms with E-state index < -0.39 is 0 Å². The fourth-order valence-corrected chi connectivity index (χ4v) is 1.97. The number of aliphatic hydroxyl groups is 1. The lowest BCUT2D eigenvalue weighted by atomic mass is 9.87. The van der Waals surface area contributed by atoms with Gasteiger partial charge in [0.15, 0.2) is 0 Å². The Morgan fingerprint density at radius 2 is 2.05 bits per heavy atom. The van der Waals surface area contributed by atoms with E-state index in [9.17, 15) is 0 Å². The molecule has 0 saturated heterocycles. The molecule has 3 heteroatoms. The first kappa shape index (κ1) is 17.6. The van der Waals surface area contributed by atoms with Gasteiger partial charge >= 0.3 is 0 Å². The fraction of sp³-hybridized carbons (Fsp3) is 0.556. The van der Waals surface area contributed by atoms with Crippen LogP contribution in [0.2, 0.25) is 0 Å². The predicted molar refractivity (Wildman–Crippen MR) is 87.4 cm³/mol. The van der Waals surface area contributed by atoms with Gasteiger partial charge in [-0.1, -0.05) is 38.7 Å². The molecule has 1 N–H and O–H groups in total. The molecule has 0 amide bonds. The molecule has 0 fully saturated rings. The molecule has 0 aliphatic rings. The fourth-order valence-electron chi connectivity index (χ4n) is 1.97. The predicted octanol–water partition coefficient (Wildman–Crippen LogP) is 2.78. The molecule has 1 atom stereocenters. The summed E-state index contributed by atoms with van der Waals surface area (Å²) in [5.41, 5.74) is 1.12. The van der Waals surface area contributed by atoms with Gasteiger partial charge in [0.05, 0.1) is 0 Å². The van der Waals surface area contributed by atoms with Gasteiger partial charge in [-0.25, -0.2) is 0 Å². The van der Waals surface area contributed by atoms with Crippen LogP contribution in [0, 0.1) is 17.3 Å². The van der Waals surface area contributed by atoms with Gasteiger partial charge in [0.25, 0.3) is 0 Å². The van der Waals surface area contributed by atoms with Crippen LogP contribution in [0.25, 0.3) is 0 Å². The second-order valence-electron chi connectivity index (χ2n) is 6.36. The van der Waals surface area contributed by atoms with E-state index in [2.05, 4.69) is 51.5 Å². The highest BCUT2D eigenvalue weighted by Gasteiger charge is 2.23. The van der Waals surface area contributed by atoms with Crippen molar-refractivity contribution >= 4 is 0 Å². The molecule has 1 aromatic rings. The number of hydrogen-bond acceptors (Lipinski definition) is 3. The van der Waals surface area contributed by atoms with E-state index in [0.717, 1.165) is 17.9 Å². The molecule has 0 aliphatic carbocycles. The van der Waals surface area contributed by atoms with Crippen LogP contribution in [-0.2, 0) is 0 Å². The van der Waals surface area contributed by atoms with Crippen LogP contribution >= 0.6 is 0 Å². The van der Waals surface area contributed by atoms with Crippen LogP contribution in [-0.4, -0.2) is 42.9 Å². The third kappa shape index (κ3) is 6.20. The van der Waals surface area contributed by atoms with Crippen molar-refractivity contribution < 1.29 is 9.84 Å². The van der Waals surface area contributed by atoms with Crippen molar-refractivity contribution in [2.75, 3.05) is 26.8 Å². The van der Waals surface area contributed by atoms with Gasteiger partial charge in [0.1, 0.15) is 19.0 Å². The van der Waals surface area contributed by atoms with E-state index in [1.165, 1.54) is 0 Å². The van der Waals surface area contributed by atoms with Crippen LogP contribution in [0.4, 0.5) is 0 Å². The number of hydrogen-bond donors (Lipinski definition) is 1. The van der Waals surface area contributed by atoms with E-state index in [4.69, 9.17) is 9.84 Å². The van der Waals surface area contributed by atoms with Gasteiger partial charge in [-0.2, -0.15) is 0 Å². The van der Waals surface area contributed by atoms with E-state index in [1.807, 2.05) is 24.3 Å². The standard InChI is InChI=1S/C18H27NO2/c1-15(18(2,3)4)19(5)11-13-21-17-10-6-8-16(14-17)9-7-12-20/h6,8,10,14-15,20H,11-13H2,1-5H3. The lowest BCUT2D eigenvalue weighted by molar-refractivity contribution is 0.121. The molecule has 0 aliphatic heterocycles. The average Bonchev–Trinajstić information content (AvgIpc) is 2.43. The van der Waals surface area contributed by atoms with Gasteiger partial charge in [-0.3, -0.25) is 4.90 Å². The normalized spacial score (nSPS) is 12.7. The van der Waals surface area contributed by atoms with Gasteiger partial charge in [0, 0.05) is 18.2 Å². The third-order valence-electron chi connectivity index (χ3n) is 3.77. The molecule has 3 nitrogen and oxygen atoms in total. The van der Waals surface area contributed by atoms with E-state index in [1.54, 1.807) is 0 Å². The molecular formula is C18H27NO2. The molecule has 1 rings (SSSR count). The van der Waals surface area contributed by atoms with Crippen molar-refractivity contribution in [3.05, 3.63) is 29.8 Å². The van der Waals surface area contributed by atoms with Gasteiger partial charge < -0.3 is 9.84 Å². The average molecular weight is 289 g/mol. The Hall–Kier alpha value is -1.50. The highest BCUT2D eigenvalue weighted by molar-refractivity contribution is 5.39. The van der Waals surface area contributed by atoms with Crippen LogP contribution in [0.1, 0.15) is 33.3 Å². The number of aliphatic hydroxyl groups excluding tert-OH is 1. The monoisotopic (exact) mass is 289 g/mol. The molecule has 21 heavy (non-hydrogen) atoms. The van der Waals surface area contributed by atoms with Crippen molar-refractivity contribution in [2.45, 2.75) is 33.7 Å². The first-order valence-corrected chi connectivity index (χ1v) is 7.37. The Morgan fingerprint density at radius 3 is 2.67 bits per heavy atom. The Labute approximate surface area is 128 Å². The lowest BCUT2D eigenvalue weighted by Crippen LogP contribution is -2.41. The minimum Gasteiger partial charge on any atom is -0.492 e. The summed E-state index contributed by atoms with van der Waals surface area (Å²) in [6, 6.07) is 8.14. The van der Waals surface area contributed by atoms with Crippen LogP contribution in [0.5, 0.6) is 5.75 Å². The first-order chi connectivity index (χ1) is 9.84. The number of likely N-dealkylation sites (N-methyl/N-ethyl adjacent to an activating group) is 1. The Kier molecular flexibility index (Phi) is 6.74. The van der Waals surface area contributed by atoms with Crippen LogP contribution in [0.3, 0.4) is 0 Å². The third-order valence-corrected chi connectivity index (χ3v) is 3.77. The quantitative estimate of drug-likeness (QED) is 0.846. The smallest absolute Gasteiger partial charge is 0.120 e. The Bertz CT molecular complexity index is 494. The largest absolute Gasteiger partial charge is 0.492 e. The molecule has 1 aromatic carbocycles. The summed E-state index contributed by atoms with van der Waals surface area (Å²) < 4.78 is 5.79. The molecule has 0 aromatic heterocycles. The van der Waals surface area contributed by atoms with Crippen LogP contribution < -0.4 is 4.74 Å². The zero-order valence-electron chi connectivity index (χ0n) is 13.8. The highest BCUT2D eigenvalue weighted by atomic mass is 16.5. The maximum atomic E-state index is 8.71. The molecular weight excluding hydrogens is 262 g/mol. The summed E-state index contributed by atoms with van der Waals surface area (Å²) in [6.07, 6.45) is 0. The zero-order valence-corrected chi connectivity index (χ0v) is 13.8. The molecule has 0 saturated carbocycles. The summed E-state index contributed by atoms with van der Waals surface area (Å²) in [7, 11) is 2.13. The van der Waals surface area contributed by atoms with Gasteiger partial charge in [-0.05, 0) is 37.6 Å². The molecule has 0 bridgehead atoms. The molecule has 0 spiro atoms. The number of benzene rings is 1. The second-order valence-corrected chi connectivity index (χ2v) is 6.36. The Balaban J connectivity index is 2.49. The molecule has 0 heterocycles. The lowest BCUT2D eigenvalue weighted by Gasteiger charge is -2.35. The summed E-state index contributed by atoms with van der Waals surface area (Å²) in [5.74, 6) is 6.34. The maximum Gasteiger partial charge on any atom is 0.120 e. The number of ether oxygens (including phenoxy) is 1. The highest BCUT2D eigenvalue weighted by Crippen LogP contribution is 2.22. The molecule has 116 valence electrons. The molecule has 1 unspecified atom stereocenters. The van der Waals surface area contributed by atoms with E-state index >= 15 is 0 Å². The summed E-state index contributed by atoms with van der Waals surface area (Å²) in [5, 5.41) is 8.71. The zero-order chi connectivity index (χ0) is 15.9. The van der Waals surface area contributed by atoms with Gasteiger partial charge in [-0.15, -0.1) is 0 Å². The van der Waals surface area contributed by atoms with Crippen molar-refractivity contribution in [3.8, 4) is 17.6 Å². The summed E-state index contributed by atoms with van der Waals surface area (Å²) in [6.45, 7) is 10.4. The van der Waals surface area contributed by atoms with E-state index in [-0.39, 0.29) is 12.0 Å². The topological polar surface area (TPSA) is 32.7 Å². The maximum absolute atomic E-state index is 8.71. The van der Waals surface area contributed by atoms with Crippen LogP contribution in [0.15, 0.2) is 24.3 Å². The summed E-state index contributed by atoms with van der Waals surface area (Å²) >= 11 is 0. The number of rotatable bonds is 5. The van der Waals surface area contributed by atoms with E-state index in [0.29, 0.717) is 12.6 Å².